The predicted octanol–water partition coefficient (Wildman–Crippen LogP) is 2.43. The molecule has 1 N–H and O–H groups in total. The molecule has 0 atom stereocenters. The maximum atomic E-state index is 11.8. The highest BCUT2D eigenvalue weighted by atomic mass is 16.3. The molecule has 2 rings (SSSR count). The van der Waals surface area contributed by atoms with Crippen LogP contribution in [0.3, 0.4) is 0 Å². The Labute approximate surface area is 114 Å². The molecule has 0 spiro atoms. The number of hydrogen-bond donors (Lipinski definition) is 1. The minimum absolute atomic E-state index is 0.0788. The molecule has 1 fully saturated rings. The van der Waals surface area contributed by atoms with Crippen LogP contribution in [-0.4, -0.2) is 28.7 Å². The maximum Gasteiger partial charge on any atom is 0.223 e. The summed E-state index contributed by atoms with van der Waals surface area (Å²) in [4.78, 5) is 13.8. The molecule has 4 heteroatoms. The van der Waals surface area contributed by atoms with Crippen molar-refractivity contribution in [3.05, 3.63) is 27.7 Å². The van der Waals surface area contributed by atoms with Gasteiger partial charge in [-0.2, -0.15) is 0 Å². The smallest absolute Gasteiger partial charge is 0.223 e. The number of aryl methyl sites for hydroxylation is 1. The molecule has 106 valence electrons. The number of aromatic hydroxyl groups is 1. The standard InChI is InChI=1S/C15H24N2O2/c1-11-9-14(18)15(19)13(10-16(2)3)17(11)12-7-5-4-6-8-12/h9,12,19H,4-8,10H2,1-3H3. The average Bonchev–Trinajstić information content (AvgIpc) is 2.36. The molecule has 0 bridgehead atoms. The van der Waals surface area contributed by atoms with E-state index in [0.29, 0.717) is 12.6 Å². The Kier molecular flexibility index (Phi) is 4.30. The van der Waals surface area contributed by atoms with Gasteiger partial charge in [-0.25, -0.2) is 0 Å². The van der Waals surface area contributed by atoms with Crippen molar-refractivity contribution in [2.24, 2.45) is 0 Å². The Hall–Kier alpha value is -1.29. The molecular formula is C15H24N2O2. The molecule has 4 nitrogen and oxygen atoms in total. The molecule has 0 aromatic carbocycles. The van der Waals surface area contributed by atoms with Gasteiger partial charge in [-0.05, 0) is 33.9 Å². The van der Waals surface area contributed by atoms with Crippen LogP contribution < -0.4 is 5.43 Å². The van der Waals surface area contributed by atoms with Crippen molar-refractivity contribution < 1.29 is 5.11 Å². The van der Waals surface area contributed by atoms with Gasteiger partial charge in [0.1, 0.15) is 0 Å². The Morgan fingerprint density at radius 1 is 1.32 bits per heavy atom. The predicted molar refractivity (Wildman–Crippen MR) is 76.6 cm³/mol. The van der Waals surface area contributed by atoms with Crippen LogP contribution >= 0.6 is 0 Å². The second-order valence-electron chi connectivity index (χ2n) is 5.84. The third-order valence-corrected chi connectivity index (χ3v) is 3.92. The molecule has 0 radical (unpaired) electrons. The summed E-state index contributed by atoms with van der Waals surface area (Å²) < 4.78 is 2.19. The van der Waals surface area contributed by atoms with Gasteiger partial charge >= 0.3 is 0 Å². The van der Waals surface area contributed by atoms with Crippen molar-refractivity contribution in [2.75, 3.05) is 14.1 Å². The molecule has 1 saturated carbocycles. The fraction of sp³-hybridized carbons (Fsp3) is 0.667. The van der Waals surface area contributed by atoms with Crippen LogP contribution in [0.1, 0.15) is 49.5 Å². The van der Waals surface area contributed by atoms with E-state index in [9.17, 15) is 9.90 Å². The summed E-state index contributed by atoms with van der Waals surface area (Å²) in [6.45, 7) is 2.56. The zero-order valence-electron chi connectivity index (χ0n) is 12.1. The first-order valence-electron chi connectivity index (χ1n) is 7.09. The fourth-order valence-electron chi connectivity index (χ4n) is 3.10. The van der Waals surface area contributed by atoms with E-state index in [-0.39, 0.29) is 11.2 Å². The highest BCUT2D eigenvalue weighted by molar-refractivity contribution is 5.30. The van der Waals surface area contributed by atoms with E-state index in [0.717, 1.165) is 24.2 Å². The van der Waals surface area contributed by atoms with Gasteiger partial charge in [0.25, 0.3) is 0 Å². The summed E-state index contributed by atoms with van der Waals surface area (Å²) in [7, 11) is 3.91. The highest BCUT2D eigenvalue weighted by Crippen LogP contribution is 2.32. The van der Waals surface area contributed by atoms with Gasteiger partial charge in [0.2, 0.25) is 5.43 Å². The zero-order valence-corrected chi connectivity index (χ0v) is 12.1. The largest absolute Gasteiger partial charge is 0.503 e. The van der Waals surface area contributed by atoms with E-state index in [4.69, 9.17) is 0 Å². The van der Waals surface area contributed by atoms with E-state index < -0.39 is 0 Å². The fourth-order valence-corrected chi connectivity index (χ4v) is 3.10. The maximum absolute atomic E-state index is 11.8. The van der Waals surface area contributed by atoms with Gasteiger partial charge in [0, 0.05) is 24.3 Å². The molecule has 1 heterocycles. The van der Waals surface area contributed by atoms with Gasteiger partial charge in [-0.1, -0.05) is 19.3 Å². The van der Waals surface area contributed by atoms with Crippen molar-refractivity contribution >= 4 is 0 Å². The molecule has 1 aromatic rings. The Bertz CT molecular complexity index is 500. The summed E-state index contributed by atoms with van der Waals surface area (Å²) in [6, 6.07) is 1.98. The van der Waals surface area contributed by atoms with E-state index in [2.05, 4.69) is 4.57 Å². The van der Waals surface area contributed by atoms with Gasteiger partial charge in [0.05, 0.1) is 5.69 Å². The monoisotopic (exact) mass is 264 g/mol. The zero-order chi connectivity index (χ0) is 14.0. The summed E-state index contributed by atoms with van der Waals surface area (Å²) in [5, 5.41) is 10.1. The SMILES string of the molecule is Cc1cc(=O)c(O)c(CN(C)C)n1C1CCCCC1. The Morgan fingerprint density at radius 2 is 1.95 bits per heavy atom. The van der Waals surface area contributed by atoms with Gasteiger partial charge in [0.15, 0.2) is 5.75 Å². The first-order valence-corrected chi connectivity index (χ1v) is 7.09. The molecule has 0 amide bonds. The topological polar surface area (TPSA) is 45.5 Å². The van der Waals surface area contributed by atoms with Gasteiger partial charge in [-0.3, -0.25) is 4.79 Å². The third kappa shape index (κ3) is 3.00. The van der Waals surface area contributed by atoms with Crippen molar-refractivity contribution in [2.45, 2.75) is 51.6 Å². The van der Waals surface area contributed by atoms with E-state index in [1.165, 1.54) is 19.3 Å². The molecule has 1 aliphatic rings. The number of pyridine rings is 1. The molecule has 0 aliphatic heterocycles. The molecule has 1 aliphatic carbocycles. The van der Waals surface area contributed by atoms with Crippen LogP contribution in [0, 0.1) is 6.92 Å². The summed E-state index contributed by atoms with van der Waals surface area (Å²) in [5.74, 6) is -0.0788. The lowest BCUT2D eigenvalue weighted by atomic mass is 9.94. The Morgan fingerprint density at radius 3 is 2.53 bits per heavy atom. The van der Waals surface area contributed by atoms with Crippen molar-refractivity contribution in [1.82, 2.24) is 9.47 Å². The number of hydrogen-bond acceptors (Lipinski definition) is 3. The molecule has 19 heavy (non-hydrogen) atoms. The van der Waals surface area contributed by atoms with Crippen molar-refractivity contribution in [1.29, 1.82) is 0 Å². The minimum atomic E-state index is -0.263. The highest BCUT2D eigenvalue weighted by Gasteiger charge is 2.22. The van der Waals surface area contributed by atoms with Crippen LogP contribution in [0.5, 0.6) is 5.75 Å². The third-order valence-electron chi connectivity index (χ3n) is 3.92. The molecule has 0 saturated heterocycles. The normalized spacial score (nSPS) is 17.1. The lowest BCUT2D eigenvalue weighted by Gasteiger charge is -2.30. The number of rotatable bonds is 3. The quantitative estimate of drug-likeness (QED) is 0.912. The number of nitrogens with zero attached hydrogens (tertiary/aromatic N) is 2. The summed E-state index contributed by atoms with van der Waals surface area (Å²) in [6.07, 6.45) is 6.05. The van der Waals surface area contributed by atoms with E-state index in [1.54, 1.807) is 6.07 Å². The number of aromatic nitrogens is 1. The van der Waals surface area contributed by atoms with Crippen LogP contribution in [-0.2, 0) is 6.54 Å². The average molecular weight is 264 g/mol. The molecule has 0 unspecified atom stereocenters. The molecule has 1 aromatic heterocycles. The second kappa shape index (κ2) is 5.78. The van der Waals surface area contributed by atoms with Gasteiger partial charge in [-0.15, -0.1) is 0 Å². The van der Waals surface area contributed by atoms with Gasteiger partial charge < -0.3 is 14.6 Å². The van der Waals surface area contributed by atoms with E-state index in [1.807, 2.05) is 25.9 Å². The second-order valence-corrected chi connectivity index (χ2v) is 5.84. The van der Waals surface area contributed by atoms with E-state index >= 15 is 0 Å². The van der Waals surface area contributed by atoms with Crippen LogP contribution in [0.4, 0.5) is 0 Å². The summed E-state index contributed by atoms with van der Waals surface area (Å²) >= 11 is 0. The Balaban J connectivity index is 2.49. The van der Waals surface area contributed by atoms with Crippen LogP contribution in [0.25, 0.3) is 0 Å². The van der Waals surface area contributed by atoms with Crippen molar-refractivity contribution in [3.63, 3.8) is 0 Å². The summed E-state index contributed by atoms with van der Waals surface area (Å²) in [5.41, 5.74) is 1.47. The first-order chi connectivity index (χ1) is 9.00. The first kappa shape index (κ1) is 14.1. The lowest BCUT2D eigenvalue weighted by molar-refractivity contribution is 0.306. The van der Waals surface area contributed by atoms with Crippen LogP contribution in [0.2, 0.25) is 0 Å². The minimum Gasteiger partial charge on any atom is -0.503 e. The lowest BCUT2D eigenvalue weighted by Crippen LogP contribution is -2.25. The molecular weight excluding hydrogens is 240 g/mol. The van der Waals surface area contributed by atoms with Crippen LogP contribution in [0.15, 0.2) is 10.9 Å². The van der Waals surface area contributed by atoms with Crippen molar-refractivity contribution in [3.8, 4) is 5.75 Å².